The Kier molecular flexibility index (Phi) is 28.5. The van der Waals surface area contributed by atoms with Crippen molar-refractivity contribution < 1.29 is 98.3 Å². The Bertz CT molecular complexity index is 2970. The predicted molar refractivity (Wildman–Crippen MR) is 315 cm³/mol. The molecule has 26 heteroatoms. The summed E-state index contributed by atoms with van der Waals surface area (Å²) in [5.74, 6) is -10.2. The van der Waals surface area contributed by atoms with Crippen LogP contribution < -0.4 is 19.6 Å². The van der Waals surface area contributed by atoms with Crippen LogP contribution in [-0.2, 0) is 70.0 Å². The molecule has 1 heterocycles. The van der Waals surface area contributed by atoms with Crippen LogP contribution >= 0.6 is 0 Å². The second-order valence-corrected chi connectivity index (χ2v) is 25.5. The average Bonchev–Trinajstić information content (AvgIpc) is 0.901. The third-order valence-corrected chi connectivity index (χ3v) is 16.2. The van der Waals surface area contributed by atoms with Crippen molar-refractivity contribution in [3.05, 3.63) is 71.3 Å². The Morgan fingerprint density at radius 3 is 2.13 bits per heavy atom. The summed E-state index contributed by atoms with van der Waals surface area (Å²) in [5, 5.41) is 46.8. The molecule has 2 aromatic rings. The van der Waals surface area contributed by atoms with Crippen LogP contribution in [0.5, 0.6) is 11.5 Å². The number of ether oxygens (including phenoxy) is 3. The van der Waals surface area contributed by atoms with E-state index in [2.05, 4.69) is 38.3 Å². The molecule has 4 rings (SSSR count). The van der Waals surface area contributed by atoms with Gasteiger partial charge in [0, 0.05) is 55.5 Å². The molecule has 1 fully saturated rings. The lowest BCUT2D eigenvalue weighted by molar-refractivity contribution is -0.268. The molecule has 0 spiro atoms. The number of rotatable bonds is 30. The number of hydrogen-bond acceptors (Lipinski definition) is 18. The Morgan fingerprint density at radius 1 is 0.814 bits per heavy atom. The van der Waals surface area contributed by atoms with Gasteiger partial charge in [-0.15, -0.1) is 0 Å². The quantitative estimate of drug-likeness (QED) is 0.0194. The number of esters is 1. The van der Waals surface area contributed by atoms with Crippen LogP contribution in [0.25, 0.3) is 11.1 Å². The molecular formula is C60H87N3O21S2. The molecule has 2 aliphatic rings. The van der Waals surface area contributed by atoms with Crippen molar-refractivity contribution in [2.24, 2.45) is 23.7 Å². The van der Waals surface area contributed by atoms with Crippen molar-refractivity contribution >= 4 is 61.7 Å². The van der Waals surface area contributed by atoms with E-state index in [-0.39, 0.29) is 53.0 Å². The number of nitrogens with zero attached hydrogens (tertiary/aromatic N) is 1. The molecule has 8 N–H and O–H groups in total. The fourth-order valence-corrected chi connectivity index (χ4v) is 11.3. The number of ketones is 2. The monoisotopic (exact) mass is 1250 g/mol. The number of unbranched alkanes of at least 4 members (excludes halogenated alkanes) is 5. The number of benzene rings is 2. The number of carboxylic acids is 1. The second-order valence-electron chi connectivity index (χ2n) is 23.0. The van der Waals surface area contributed by atoms with E-state index in [1.165, 1.54) is 38.1 Å². The number of aliphatic hydroxyl groups excluding tert-OH is 3. The Hall–Kier alpha value is -6.13. The van der Waals surface area contributed by atoms with Crippen LogP contribution in [0.2, 0.25) is 0 Å². The predicted octanol–water partition coefficient (Wildman–Crippen LogP) is 5.95. The highest BCUT2D eigenvalue weighted by molar-refractivity contribution is 7.85. The molecule has 0 saturated carbocycles. The van der Waals surface area contributed by atoms with Gasteiger partial charge < -0.3 is 54.4 Å². The lowest BCUT2D eigenvalue weighted by Gasteiger charge is -2.39. The van der Waals surface area contributed by atoms with Crippen LogP contribution in [0, 0.1) is 23.7 Å². The fourth-order valence-electron chi connectivity index (χ4n) is 10.3. The first-order valence-corrected chi connectivity index (χ1v) is 32.2. The number of fused-ring (bicyclic) bond motifs is 5. The number of carboxylic acid groups (broad SMARTS) is 1. The van der Waals surface area contributed by atoms with E-state index in [0.717, 1.165) is 89.5 Å². The van der Waals surface area contributed by atoms with Gasteiger partial charge in [0.2, 0.25) is 24.0 Å². The van der Waals surface area contributed by atoms with Crippen LogP contribution in [0.3, 0.4) is 0 Å². The third kappa shape index (κ3) is 23.5. The van der Waals surface area contributed by atoms with E-state index in [1.807, 2.05) is 6.08 Å². The van der Waals surface area contributed by atoms with Gasteiger partial charge >= 0.3 is 22.3 Å². The molecule has 1 aliphatic heterocycles. The number of aliphatic hydroxyl groups is 3. The van der Waals surface area contributed by atoms with Gasteiger partial charge in [-0.05, 0) is 119 Å². The lowest BCUT2D eigenvalue weighted by Crippen LogP contribution is -2.58. The van der Waals surface area contributed by atoms with E-state index >= 15 is 0 Å². The highest BCUT2D eigenvalue weighted by Gasteiger charge is 2.44. The lowest BCUT2D eigenvalue weighted by atomic mass is 9.85. The summed E-state index contributed by atoms with van der Waals surface area (Å²) >= 11 is 0. The SMILES string of the molecule is CCCC(C)/C=C(/C)C(=O)OC(CCCCCCC/C=C/C(=O)NCCC(=O)NC(CS(=O)(=O)O)C(=O)N(C)C1C(=O)CC(C)C(=O)CC(C(=O)O)Cc2ccc(O[C@@H]3O[C@@H](C)[C@H](O)[C@@H](O)[C@H]3O)c(c2)-c2cc1ccc2OS(=O)(=O)O)CCC(C)C. The molecule has 6 unspecified atom stereocenters. The standard InChI is InChI=1S/C60H87N3O21S2/c1-9-17-36(4)28-38(6)59(74)82-43(23-20-35(2)3)18-15-13-11-10-12-14-16-19-51(66)61-27-26-52(67)62-46(34-85(75,76)77)57(71)63(8)53-41-22-25-50(84-86(78,79)80)45(32-41)44-31-40(30-42(58(72)73)33-47(64)37(5)29-48(53)65)21-24-49(44)83-60-56(70)55(69)54(68)39(7)81-60/h16,19,21-22,24-25,28,31-32,35-37,39,42-43,46,53-56,60,68-70H,9-15,17-18,20,23,26-27,29-30,33-34H2,1-8H3,(H,61,66)(H,62,67)(H,72,73)(H,75,76,77)(H,78,79,80)/b19-16+,38-28-/t36?,37?,39-,42?,43?,46?,53?,54-,55+,56+,60-/m0/s1. The third-order valence-electron chi connectivity index (χ3n) is 15.0. The molecule has 86 heavy (non-hydrogen) atoms. The number of amides is 3. The first-order valence-electron chi connectivity index (χ1n) is 29.2. The molecular weight excluding hydrogens is 1160 g/mol. The maximum absolute atomic E-state index is 14.6. The van der Waals surface area contributed by atoms with E-state index < -0.39 is 141 Å². The summed E-state index contributed by atoms with van der Waals surface area (Å²) in [6.45, 7) is 12.7. The first kappa shape index (κ1) is 72.3. The zero-order valence-electron chi connectivity index (χ0n) is 50.2. The summed E-state index contributed by atoms with van der Waals surface area (Å²) in [5.41, 5.74) is 0.142. The van der Waals surface area contributed by atoms with Crippen LogP contribution in [0.1, 0.15) is 156 Å². The fraction of sp³-hybridized carbons (Fsp3) is 0.617. The maximum Gasteiger partial charge on any atom is 0.446 e. The number of carbonyl (C=O) groups is 7. The molecule has 3 amide bonds. The van der Waals surface area contributed by atoms with Gasteiger partial charge in [0.1, 0.15) is 53.8 Å². The molecule has 2 aromatic carbocycles. The highest BCUT2D eigenvalue weighted by Crippen LogP contribution is 2.42. The summed E-state index contributed by atoms with van der Waals surface area (Å²) in [7, 11) is -9.39. The van der Waals surface area contributed by atoms with Crippen LogP contribution in [0.4, 0.5) is 0 Å². The van der Waals surface area contributed by atoms with Gasteiger partial charge in [-0.25, -0.2) is 4.79 Å². The van der Waals surface area contributed by atoms with E-state index in [1.54, 1.807) is 13.0 Å². The molecule has 1 aliphatic carbocycles. The molecule has 11 atom stereocenters. The summed E-state index contributed by atoms with van der Waals surface area (Å²) in [6.07, 6.45) is 4.31. The Morgan fingerprint density at radius 2 is 1.48 bits per heavy atom. The molecule has 4 bridgehead atoms. The summed E-state index contributed by atoms with van der Waals surface area (Å²) < 4.78 is 91.9. The molecule has 1 saturated heterocycles. The Labute approximate surface area is 504 Å². The number of allylic oxidation sites excluding steroid dienone is 2. The molecule has 0 radical (unpaired) electrons. The van der Waals surface area contributed by atoms with Crippen molar-refractivity contribution in [3.8, 4) is 22.6 Å². The largest absolute Gasteiger partial charge is 0.481 e. The van der Waals surface area contributed by atoms with E-state index in [9.17, 15) is 79.9 Å². The number of carbonyl (C=O) groups excluding carboxylic acids is 6. The number of nitrogens with one attached hydrogen (secondary N) is 2. The normalized spacial score (nSPS) is 22.5. The van der Waals surface area contributed by atoms with E-state index in [0.29, 0.717) is 28.7 Å². The number of likely N-dealkylation sites (N-methyl/N-ethyl adjacent to an activating group) is 1. The summed E-state index contributed by atoms with van der Waals surface area (Å²) in [6, 6.07) is 3.17. The minimum Gasteiger partial charge on any atom is -0.481 e. The van der Waals surface area contributed by atoms with Gasteiger partial charge in [-0.2, -0.15) is 16.8 Å². The van der Waals surface area contributed by atoms with Crippen LogP contribution in [0.15, 0.2) is 60.2 Å². The first-order chi connectivity index (χ1) is 40.3. The number of aliphatic carboxylic acids is 1. The van der Waals surface area contributed by atoms with E-state index in [4.69, 9.17) is 18.4 Å². The Balaban J connectivity index is 1.51. The summed E-state index contributed by atoms with van der Waals surface area (Å²) in [4.78, 5) is 95.1. The van der Waals surface area contributed by atoms with Gasteiger partial charge in [0.15, 0.2) is 11.5 Å². The zero-order chi connectivity index (χ0) is 64.2. The highest BCUT2D eigenvalue weighted by atomic mass is 32.3. The zero-order valence-corrected chi connectivity index (χ0v) is 51.8. The van der Waals surface area contributed by atoms with Crippen molar-refractivity contribution in [1.29, 1.82) is 0 Å². The number of hydrogen-bond donors (Lipinski definition) is 8. The smallest absolute Gasteiger partial charge is 0.446 e. The number of Topliss-reactive ketones (excluding diaryl/α,β-unsaturated/α-hetero) is 2. The van der Waals surface area contributed by atoms with Gasteiger partial charge in [-0.1, -0.05) is 84.6 Å². The topological polar surface area (TPSA) is 373 Å². The molecule has 0 aromatic heterocycles. The van der Waals surface area contributed by atoms with Gasteiger partial charge in [0.05, 0.1) is 12.0 Å². The van der Waals surface area contributed by atoms with Crippen molar-refractivity contribution in [2.45, 2.75) is 194 Å². The van der Waals surface area contributed by atoms with Crippen molar-refractivity contribution in [3.63, 3.8) is 0 Å². The molecule has 24 nitrogen and oxygen atoms in total. The van der Waals surface area contributed by atoms with Gasteiger partial charge in [-0.3, -0.25) is 37.9 Å². The minimum atomic E-state index is -5.35. The van der Waals surface area contributed by atoms with Gasteiger partial charge in [0.25, 0.3) is 10.1 Å². The average molecular weight is 1250 g/mol. The minimum absolute atomic E-state index is 0.153. The molecule has 480 valence electrons. The van der Waals surface area contributed by atoms with Crippen LogP contribution in [-0.4, -0.2) is 155 Å². The second kappa shape index (κ2) is 33.8. The maximum atomic E-state index is 14.6. The van der Waals surface area contributed by atoms with Crippen molar-refractivity contribution in [1.82, 2.24) is 15.5 Å². The van der Waals surface area contributed by atoms with Crippen molar-refractivity contribution in [2.75, 3.05) is 19.3 Å².